The van der Waals surface area contributed by atoms with Crippen LogP contribution >= 0.6 is 0 Å². The largest absolute Gasteiger partial charge is 0.494 e. The number of nitrogens with zero attached hydrogens (tertiary/aromatic N) is 2. The average Bonchev–Trinajstić information content (AvgIpc) is 2.55. The first-order valence-corrected chi connectivity index (χ1v) is 7.76. The lowest BCUT2D eigenvalue weighted by atomic mass is 10.2. The van der Waals surface area contributed by atoms with E-state index in [2.05, 4.69) is 4.90 Å². The smallest absolute Gasteiger partial charge is 0.246 e. The molecule has 0 bridgehead atoms. The second-order valence-corrected chi connectivity index (χ2v) is 5.23. The highest BCUT2D eigenvalue weighted by molar-refractivity contribution is 5.91. The molecule has 5 heteroatoms. The van der Waals surface area contributed by atoms with Gasteiger partial charge in [0.1, 0.15) is 5.75 Å². The van der Waals surface area contributed by atoms with Crippen LogP contribution in [0.25, 0.3) is 6.08 Å². The highest BCUT2D eigenvalue weighted by atomic mass is 16.5. The van der Waals surface area contributed by atoms with E-state index >= 15 is 0 Å². The van der Waals surface area contributed by atoms with Crippen LogP contribution in [0.2, 0.25) is 0 Å². The molecule has 1 saturated heterocycles. The summed E-state index contributed by atoms with van der Waals surface area (Å²) in [5.41, 5.74) is 0.982. The summed E-state index contributed by atoms with van der Waals surface area (Å²) >= 11 is 0. The quantitative estimate of drug-likeness (QED) is 0.803. The molecule has 1 fully saturated rings. The number of hydrogen-bond donors (Lipinski definition) is 1. The lowest BCUT2D eigenvalue weighted by Gasteiger charge is -2.33. The van der Waals surface area contributed by atoms with Gasteiger partial charge in [0.2, 0.25) is 5.91 Å². The molecule has 22 heavy (non-hydrogen) atoms. The molecule has 0 aliphatic carbocycles. The number of carbonyl (C=O) groups is 1. The van der Waals surface area contributed by atoms with Gasteiger partial charge in [-0.15, -0.1) is 0 Å². The minimum Gasteiger partial charge on any atom is -0.494 e. The first-order valence-electron chi connectivity index (χ1n) is 7.76. The third kappa shape index (κ3) is 4.86. The van der Waals surface area contributed by atoms with E-state index < -0.39 is 0 Å². The zero-order valence-corrected chi connectivity index (χ0v) is 13.1. The van der Waals surface area contributed by atoms with Crippen molar-refractivity contribution in [3.63, 3.8) is 0 Å². The highest BCUT2D eigenvalue weighted by Crippen LogP contribution is 2.13. The Morgan fingerprint density at radius 2 is 1.91 bits per heavy atom. The van der Waals surface area contributed by atoms with Gasteiger partial charge in [0.05, 0.1) is 13.2 Å². The number of aliphatic hydroxyl groups is 1. The molecular weight excluding hydrogens is 280 g/mol. The van der Waals surface area contributed by atoms with Gasteiger partial charge in [-0.2, -0.15) is 0 Å². The summed E-state index contributed by atoms with van der Waals surface area (Å²) in [5.74, 6) is 0.878. The summed E-state index contributed by atoms with van der Waals surface area (Å²) in [6.45, 7) is 6.53. The Kier molecular flexibility index (Phi) is 6.43. The zero-order chi connectivity index (χ0) is 15.8. The van der Waals surface area contributed by atoms with Crippen LogP contribution in [0.3, 0.4) is 0 Å². The van der Waals surface area contributed by atoms with Crippen molar-refractivity contribution in [1.82, 2.24) is 9.80 Å². The lowest BCUT2D eigenvalue weighted by Crippen LogP contribution is -2.48. The Bertz CT molecular complexity index is 491. The highest BCUT2D eigenvalue weighted by Gasteiger charge is 2.18. The second kappa shape index (κ2) is 8.56. The summed E-state index contributed by atoms with van der Waals surface area (Å²) < 4.78 is 5.39. The molecule has 0 unspecified atom stereocenters. The Morgan fingerprint density at radius 1 is 1.23 bits per heavy atom. The lowest BCUT2D eigenvalue weighted by molar-refractivity contribution is -0.127. The first-order chi connectivity index (χ1) is 10.7. The maximum atomic E-state index is 12.2. The summed E-state index contributed by atoms with van der Waals surface area (Å²) in [5, 5.41) is 8.91. The molecule has 1 aliphatic heterocycles. The molecule has 1 amide bonds. The number of aliphatic hydroxyl groups excluding tert-OH is 1. The number of benzene rings is 1. The van der Waals surface area contributed by atoms with Gasteiger partial charge in [-0.25, -0.2) is 0 Å². The standard InChI is InChI=1S/C17H24N2O3/c1-2-22-16-6-3-15(4-7-16)5-8-17(21)19-11-9-18(10-12-19)13-14-20/h3-8,20H,2,9-14H2,1H3/b8-5+. The molecule has 1 heterocycles. The van der Waals surface area contributed by atoms with Gasteiger partial charge in [-0.05, 0) is 30.7 Å². The number of hydrogen-bond acceptors (Lipinski definition) is 4. The number of β-amino-alcohol motifs (C(OH)–C–C–N with tert-alkyl or cyclic N) is 1. The topological polar surface area (TPSA) is 53.0 Å². The molecular formula is C17H24N2O3. The molecule has 0 radical (unpaired) electrons. The van der Waals surface area contributed by atoms with Crippen LogP contribution in [0.15, 0.2) is 30.3 Å². The van der Waals surface area contributed by atoms with Gasteiger partial charge in [-0.3, -0.25) is 9.69 Å². The van der Waals surface area contributed by atoms with Crippen LogP contribution in [-0.4, -0.2) is 66.8 Å². The van der Waals surface area contributed by atoms with Crippen LogP contribution in [0.1, 0.15) is 12.5 Å². The molecule has 2 rings (SSSR count). The van der Waals surface area contributed by atoms with E-state index in [9.17, 15) is 4.79 Å². The summed E-state index contributed by atoms with van der Waals surface area (Å²) in [6.07, 6.45) is 3.45. The molecule has 0 spiro atoms. The number of amides is 1. The average molecular weight is 304 g/mol. The number of ether oxygens (including phenoxy) is 1. The van der Waals surface area contributed by atoms with E-state index in [4.69, 9.17) is 9.84 Å². The molecule has 1 aromatic rings. The SMILES string of the molecule is CCOc1ccc(/C=C/C(=O)N2CCN(CCO)CC2)cc1. The molecule has 1 N–H and O–H groups in total. The summed E-state index contributed by atoms with van der Waals surface area (Å²) in [6, 6.07) is 7.69. The predicted molar refractivity (Wildman–Crippen MR) is 86.8 cm³/mol. The van der Waals surface area contributed by atoms with Crippen LogP contribution in [0.5, 0.6) is 5.75 Å². The summed E-state index contributed by atoms with van der Waals surface area (Å²) in [4.78, 5) is 16.2. The van der Waals surface area contributed by atoms with E-state index in [1.165, 1.54) is 0 Å². The molecule has 120 valence electrons. The Hall–Kier alpha value is -1.85. The number of rotatable bonds is 6. The van der Waals surface area contributed by atoms with Crippen molar-refractivity contribution in [2.75, 3.05) is 45.9 Å². The van der Waals surface area contributed by atoms with Crippen molar-refractivity contribution in [1.29, 1.82) is 0 Å². The fourth-order valence-corrected chi connectivity index (χ4v) is 2.45. The second-order valence-electron chi connectivity index (χ2n) is 5.23. The first kappa shape index (κ1) is 16.5. The number of carbonyl (C=O) groups excluding carboxylic acids is 1. The number of piperazine rings is 1. The normalized spacial score (nSPS) is 16.2. The van der Waals surface area contributed by atoms with Crippen molar-refractivity contribution in [3.05, 3.63) is 35.9 Å². The molecule has 0 aromatic heterocycles. The Balaban J connectivity index is 1.83. The summed E-state index contributed by atoms with van der Waals surface area (Å²) in [7, 11) is 0. The minimum atomic E-state index is 0.0394. The van der Waals surface area contributed by atoms with Gasteiger partial charge < -0.3 is 14.7 Å². The molecule has 0 atom stereocenters. The maximum absolute atomic E-state index is 12.2. The van der Waals surface area contributed by atoms with E-state index in [1.54, 1.807) is 6.08 Å². The maximum Gasteiger partial charge on any atom is 0.246 e. The fourth-order valence-electron chi connectivity index (χ4n) is 2.45. The minimum absolute atomic E-state index is 0.0394. The third-order valence-electron chi connectivity index (χ3n) is 3.71. The van der Waals surface area contributed by atoms with Crippen molar-refractivity contribution < 1.29 is 14.6 Å². The van der Waals surface area contributed by atoms with Crippen molar-refractivity contribution in [2.45, 2.75) is 6.92 Å². The van der Waals surface area contributed by atoms with Crippen LogP contribution in [-0.2, 0) is 4.79 Å². The third-order valence-corrected chi connectivity index (χ3v) is 3.71. The van der Waals surface area contributed by atoms with E-state index in [0.29, 0.717) is 26.2 Å². The van der Waals surface area contributed by atoms with Crippen LogP contribution < -0.4 is 4.74 Å². The van der Waals surface area contributed by atoms with Crippen molar-refractivity contribution in [3.8, 4) is 5.75 Å². The van der Waals surface area contributed by atoms with E-state index in [0.717, 1.165) is 24.4 Å². The van der Waals surface area contributed by atoms with E-state index in [1.807, 2.05) is 42.2 Å². The zero-order valence-electron chi connectivity index (χ0n) is 13.1. The monoisotopic (exact) mass is 304 g/mol. The van der Waals surface area contributed by atoms with Crippen molar-refractivity contribution in [2.24, 2.45) is 0 Å². The van der Waals surface area contributed by atoms with Gasteiger partial charge >= 0.3 is 0 Å². The van der Waals surface area contributed by atoms with Gasteiger partial charge in [0.25, 0.3) is 0 Å². The predicted octanol–water partition coefficient (Wildman–Crippen LogP) is 1.23. The van der Waals surface area contributed by atoms with Crippen molar-refractivity contribution >= 4 is 12.0 Å². The van der Waals surface area contributed by atoms with Gasteiger partial charge in [0, 0.05) is 38.8 Å². The van der Waals surface area contributed by atoms with Crippen LogP contribution in [0, 0.1) is 0 Å². The molecule has 1 aromatic carbocycles. The van der Waals surface area contributed by atoms with E-state index in [-0.39, 0.29) is 12.5 Å². The fraction of sp³-hybridized carbons (Fsp3) is 0.471. The molecule has 1 aliphatic rings. The molecule has 5 nitrogen and oxygen atoms in total. The van der Waals surface area contributed by atoms with Crippen LogP contribution in [0.4, 0.5) is 0 Å². The Morgan fingerprint density at radius 3 is 2.50 bits per heavy atom. The van der Waals surface area contributed by atoms with Gasteiger partial charge in [-0.1, -0.05) is 12.1 Å². The molecule has 0 saturated carbocycles. The van der Waals surface area contributed by atoms with Gasteiger partial charge in [0.15, 0.2) is 0 Å². The Labute approximate surface area is 131 Å².